The molecule has 2 heterocycles. The summed E-state index contributed by atoms with van der Waals surface area (Å²) in [5.74, 6) is -0.0249. The zero-order chi connectivity index (χ0) is 33.7. The van der Waals surface area contributed by atoms with Crippen LogP contribution in [-0.4, -0.2) is 65.7 Å². The highest BCUT2D eigenvalue weighted by molar-refractivity contribution is 5.95. The van der Waals surface area contributed by atoms with Gasteiger partial charge >= 0.3 is 12.0 Å². The summed E-state index contributed by atoms with van der Waals surface area (Å²) in [5, 5.41) is 3.67. The number of hydrogen-bond acceptors (Lipinski definition) is 8. The predicted molar refractivity (Wildman–Crippen MR) is 181 cm³/mol. The van der Waals surface area contributed by atoms with E-state index in [4.69, 9.17) is 19.2 Å². The first-order chi connectivity index (χ1) is 23.3. The van der Waals surface area contributed by atoms with Gasteiger partial charge in [0.2, 0.25) is 5.91 Å². The molecule has 1 aliphatic heterocycles. The number of ether oxygens (including phenoxy) is 3. The molecule has 48 heavy (non-hydrogen) atoms. The maximum atomic E-state index is 13.9. The van der Waals surface area contributed by atoms with Crippen LogP contribution < -0.4 is 25.6 Å². The van der Waals surface area contributed by atoms with Crippen molar-refractivity contribution in [2.24, 2.45) is 5.92 Å². The van der Waals surface area contributed by atoms with E-state index in [2.05, 4.69) is 22.7 Å². The van der Waals surface area contributed by atoms with E-state index in [-0.39, 0.29) is 25.5 Å². The van der Waals surface area contributed by atoms with E-state index in [1.54, 1.807) is 20.1 Å². The molecule has 3 amide bonds. The van der Waals surface area contributed by atoms with Crippen LogP contribution in [0.4, 0.5) is 4.79 Å². The lowest BCUT2D eigenvalue weighted by Crippen LogP contribution is -2.56. The average molecular weight is 650 g/mol. The number of carbonyl (C=O) groups is 3. The van der Waals surface area contributed by atoms with Gasteiger partial charge in [-0.1, -0.05) is 66.7 Å². The molecule has 1 saturated carbocycles. The van der Waals surface area contributed by atoms with Crippen LogP contribution in [-0.2, 0) is 20.9 Å². The first-order valence-corrected chi connectivity index (χ1v) is 16.0. The summed E-state index contributed by atoms with van der Waals surface area (Å²) < 4.78 is 17.4. The molecule has 0 unspecified atom stereocenters. The zero-order valence-corrected chi connectivity index (χ0v) is 27.0. The number of benzene rings is 3. The first-order valence-electron chi connectivity index (χ1n) is 16.0. The SMILES string of the molecule is C=C[C@@H]1C[C@]1(NC(=O)[C@@H]1C[C@@H](Oc2cc(-c3ccccc3)nc3cc(OC)ccc23)CN1C(=O)NNCc1ccccc1)C(=O)OCC. The van der Waals surface area contributed by atoms with Crippen LogP contribution in [0.2, 0.25) is 0 Å². The first kappa shape index (κ1) is 32.5. The summed E-state index contributed by atoms with van der Waals surface area (Å²) >= 11 is 0. The number of likely N-dealkylation sites (tertiary alicyclic amines) is 1. The maximum Gasteiger partial charge on any atom is 0.332 e. The monoisotopic (exact) mass is 649 g/mol. The second-order valence-corrected chi connectivity index (χ2v) is 11.9. The molecular weight excluding hydrogens is 610 g/mol. The molecule has 4 atom stereocenters. The molecule has 0 bridgehead atoms. The average Bonchev–Trinajstić information content (AvgIpc) is 3.67. The van der Waals surface area contributed by atoms with E-state index in [9.17, 15) is 14.4 Å². The molecule has 2 fully saturated rings. The third-order valence-electron chi connectivity index (χ3n) is 8.78. The minimum absolute atomic E-state index is 0.120. The molecule has 4 aromatic rings. The van der Waals surface area contributed by atoms with Crippen molar-refractivity contribution in [2.45, 2.75) is 44.0 Å². The molecule has 11 heteroatoms. The number of fused-ring (bicyclic) bond motifs is 1. The zero-order valence-electron chi connectivity index (χ0n) is 27.0. The van der Waals surface area contributed by atoms with Gasteiger partial charge in [-0.3, -0.25) is 10.2 Å². The Morgan fingerprint density at radius 2 is 1.79 bits per heavy atom. The summed E-state index contributed by atoms with van der Waals surface area (Å²) in [4.78, 5) is 46.8. The van der Waals surface area contributed by atoms with Gasteiger partial charge in [-0.2, -0.15) is 0 Å². The minimum Gasteiger partial charge on any atom is -0.497 e. The molecule has 3 aromatic carbocycles. The van der Waals surface area contributed by atoms with Crippen molar-refractivity contribution in [1.82, 2.24) is 26.1 Å². The van der Waals surface area contributed by atoms with Crippen molar-refractivity contribution in [3.05, 3.63) is 103 Å². The molecule has 11 nitrogen and oxygen atoms in total. The molecule has 2 aliphatic rings. The van der Waals surface area contributed by atoms with E-state index in [0.29, 0.717) is 35.7 Å². The van der Waals surface area contributed by atoms with Gasteiger partial charge in [-0.15, -0.1) is 6.58 Å². The van der Waals surface area contributed by atoms with Gasteiger partial charge in [-0.25, -0.2) is 20.0 Å². The fraction of sp³-hybridized carbons (Fsp3) is 0.297. The number of hydrogen-bond donors (Lipinski definition) is 3. The smallest absolute Gasteiger partial charge is 0.332 e. The number of nitrogens with zero attached hydrogens (tertiary/aromatic N) is 2. The summed E-state index contributed by atoms with van der Waals surface area (Å²) in [5.41, 5.74) is 7.75. The Morgan fingerprint density at radius 3 is 2.48 bits per heavy atom. The predicted octanol–water partition coefficient (Wildman–Crippen LogP) is 4.77. The van der Waals surface area contributed by atoms with Crippen LogP contribution in [0, 0.1) is 5.92 Å². The van der Waals surface area contributed by atoms with E-state index >= 15 is 0 Å². The second-order valence-electron chi connectivity index (χ2n) is 11.9. The molecule has 1 aromatic heterocycles. The van der Waals surface area contributed by atoms with Crippen molar-refractivity contribution >= 4 is 28.8 Å². The fourth-order valence-corrected chi connectivity index (χ4v) is 6.15. The van der Waals surface area contributed by atoms with Gasteiger partial charge in [-0.05, 0) is 31.0 Å². The number of methoxy groups -OCH3 is 1. The molecule has 0 spiro atoms. The van der Waals surface area contributed by atoms with E-state index in [0.717, 1.165) is 16.5 Å². The molecule has 0 radical (unpaired) electrons. The Morgan fingerprint density at radius 1 is 1.04 bits per heavy atom. The minimum atomic E-state index is -1.20. The van der Waals surface area contributed by atoms with E-state index < -0.39 is 35.6 Å². The van der Waals surface area contributed by atoms with Gasteiger partial charge in [0.05, 0.1) is 31.5 Å². The molecule has 248 valence electrons. The maximum absolute atomic E-state index is 13.9. The molecule has 3 N–H and O–H groups in total. The van der Waals surface area contributed by atoms with Gasteiger partial charge in [0, 0.05) is 42.0 Å². The Hall–Kier alpha value is -5.42. The molecule has 1 saturated heterocycles. The van der Waals surface area contributed by atoms with Crippen LogP contribution in [0.5, 0.6) is 11.5 Å². The number of urea groups is 1. The van der Waals surface area contributed by atoms with Crippen LogP contribution in [0.3, 0.4) is 0 Å². The van der Waals surface area contributed by atoms with Gasteiger partial charge in [0.15, 0.2) is 0 Å². The molecular formula is C37H39N5O6. The van der Waals surface area contributed by atoms with Gasteiger partial charge in [0.1, 0.15) is 29.2 Å². The Balaban J connectivity index is 1.27. The fourth-order valence-electron chi connectivity index (χ4n) is 6.15. The van der Waals surface area contributed by atoms with Crippen molar-refractivity contribution in [2.75, 3.05) is 20.3 Å². The lowest BCUT2D eigenvalue weighted by Gasteiger charge is -2.26. The highest BCUT2D eigenvalue weighted by Crippen LogP contribution is 2.46. The van der Waals surface area contributed by atoms with Crippen molar-refractivity contribution in [3.8, 4) is 22.8 Å². The summed E-state index contributed by atoms with van der Waals surface area (Å²) in [6, 6.07) is 25.4. The summed E-state index contributed by atoms with van der Waals surface area (Å²) in [7, 11) is 1.60. The number of hydrazine groups is 1. The largest absolute Gasteiger partial charge is 0.497 e. The third-order valence-corrected chi connectivity index (χ3v) is 8.78. The number of pyridine rings is 1. The van der Waals surface area contributed by atoms with Crippen LogP contribution in [0.15, 0.2) is 97.6 Å². The van der Waals surface area contributed by atoms with E-state index in [1.165, 1.54) is 4.90 Å². The lowest BCUT2D eigenvalue weighted by atomic mass is 10.1. The Bertz CT molecular complexity index is 1800. The quantitative estimate of drug-likeness (QED) is 0.114. The highest BCUT2D eigenvalue weighted by atomic mass is 16.5. The second kappa shape index (κ2) is 14.1. The number of esters is 1. The lowest BCUT2D eigenvalue weighted by molar-refractivity contribution is -0.149. The third kappa shape index (κ3) is 6.82. The normalized spacial score (nSPS) is 21.3. The summed E-state index contributed by atoms with van der Waals surface area (Å²) in [6.45, 7) is 6.22. The van der Waals surface area contributed by atoms with Gasteiger partial charge < -0.3 is 24.4 Å². The summed E-state index contributed by atoms with van der Waals surface area (Å²) in [6.07, 6.45) is 1.66. The van der Waals surface area contributed by atoms with Crippen molar-refractivity contribution < 1.29 is 28.6 Å². The van der Waals surface area contributed by atoms with Crippen LogP contribution in [0.1, 0.15) is 25.3 Å². The number of rotatable bonds is 12. The van der Waals surface area contributed by atoms with Gasteiger partial charge in [0.25, 0.3) is 0 Å². The highest BCUT2D eigenvalue weighted by Gasteiger charge is 2.62. The number of nitrogens with one attached hydrogen (secondary N) is 3. The number of carbonyl (C=O) groups excluding carboxylic acids is 3. The van der Waals surface area contributed by atoms with Crippen molar-refractivity contribution in [3.63, 3.8) is 0 Å². The van der Waals surface area contributed by atoms with E-state index in [1.807, 2.05) is 84.9 Å². The Labute approximate surface area is 279 Å². The number of amides is 3. The van der Waals surface area contributed by atoms with Crippen LogP contribution >= 0.6 is 0 Å². The topological polar surface area (TPSA) is 131 Å². The molecule has 6 rings (SSSR count). The Kier molecular flexibility index (Phi) is 9.58. The standard InChI is InChI=1S/C37H39N5O6/c1-4-26-21-37(26,35(44)47-5-2)40-34(43)32-19-28(23-42(32)36(45)41-38-22-24-12-8-6-9-13-24)48-33-20-30(25-14-10-7-11-15-25)39-31-18-27(46-3)16-17-29(31)33/h4,6-18,20,26,28,32,38H,1,5,19,21-23H2,2-3H3,(H,40,43)(H,41,45)/t26-,28-,32+,37-/m1/s1. The molecule has 1 aliphatic carbocycles. The number of aromatic nitrogens is 1. The van der Waals surface area contributed by atoms with Crippen LogP contribution in [0.25, 0.3) is 22.2 Å². The van der Waals surface area contributed by atoms with Crippen molar-refractivity contribution in [1.29, 1.82) is 0 Å².